The maximum atomic E-state index is 13.5. The molecule has 1 heterocycles. The summed E-state index contributed by atoms with van der Waals surface area (Å²) in [6.07, 6.45) is 2.36. The van der Waals surface area contributed by atoms with Crippen LogP contribution >= 0.6 is 0 Å². The van der Waals surface area contributed by atoms with Crippen molar-refractivity contribution in [3.8, 4) is 5.75 Å². The smallest absolute Gasteiger partial charge is 0.326 e. The van der Waals surface area contributed by atoms with Crippen molar-refractivity contribution >= 4 is 29.6 Å². The van der Waals surface area contributed by atoms with E-state index < -0.39 is 53.8 Å². The van der Waals surface area contributed by atoms with Gasteiger partial charge >= 0.3 is 5.97 Å². The molecule has 0 fully saturated rings. The van der Waals surface area contributed by atoms with Crippen molar-refractivity contribution in [1.82, 2.24) is 25.9 Å². The molecule has 3 aromatic rings. The number of phenols is 1. The summed E-state index contributed by atoms with van der Waals surface area (Å²) in [6, 6.07) is 10.1. The number of aromatic nitrogens is 2. The molecule has 14 heteroatoms. The van der Waals surface area contributed by atoms with E-state index in [1.807, 2.05) is 0 Å². The Morgan fingerprint density at radius 3 is 2.00 bits per heavy atom. The highest BCUT2D eigenvalue weighted by Gasteiger charge is 2.31. The van der Waals surface area contributed by atoms with E-state index in [0.717, 1.165) is 0 Å². The van der Waals surface area contributed by atoms with Crippen LogP contribution in [0.1, 0.15) is 29.7 Å². The zero-order valence-electron chi connectivity index (χ0n) is 23.2. The van der Waals surface area contributed by atoms with Crippen LogP contribution in [-0.4, -0.2) is 73.9 Å². The maximum Gasteiger partial charge on any atom is 0.326 e. The standard InChI is InChI=1S/C29H35N7O7/c30-21(12-18-6-8-20(37)9-7-18)26(39)35-23(13-17-4-2-1-3-5-17)28(41)34-22(10-11-25(31)38)27(40)36-24(29(42)43)14-19-15-32-16-33-19/h1-9,15-16,21-24,37H,10-14,30H2,(H2,31,38)(H,32,33)(H,34,41)(H,35,39)(H,36,40)(H,42,43)/t21-,22-,23-,24-/m0/s1. The lowest BCUT2D eigenvalue weighted by molar-refractivity contribution is -0.142. The highest BCUT2D eigenvalue weighted by molar-refractivity contribution is 5.94. The van der Waals surface area contributed by atoms with Crippen molar-refractivity contribution in [3.05, 3.63) is 83.9 Å². The Morgan fingerprint density at radius 1 is 0.791 bits per heavy atom. The fraction of sp³-hybridized carbons (Fsp3) is 0.310. The summed E-state index contributed by atoms with van der Waals surface area (Å²) in [5.41, 5.74) is 13.2. The van der Waals surface area contributed by atoms with E-state index in [1.54, 1.807) is 42.5 Å². The first kappa shape index (κ1) is 32.3. The van der Waals surface area contributed by atoms with Gasteiger partial charge in [-0.25, -0.2) is 9.78 Å². The molecule has 0 aliphatic heterocycles. The molecule has 228 valence electrons. The van der Waals surface area contributed by atoms with Gasteiger partial charge in [0.05, 0.1) is 12.4 Å². The zero-order valence-corrected chi connectivity index (χ0v) is 23.2. The number of benzene rings is 2. The molecule has 4 atom stereocenters. The van der Waals surface area contributed by atoms with Gasteiger partial charge in [0.1, 0.15) is 23.9 Å². The summed E-state index contributed by atoms with van der Waals surface area (Å²) in [5.74, 6) is -4.22. The second-order valence-electron chi connectivity index (χ2n) is 9.97. The topological polar surface area (TPSA) is 243 Å². The van der Waals surface area contributed by atoms with Gasteiger partial charge in [-0.15, -0.1) is 0 Å². The average Bonchev–Trinajstić information content (AvgIpc) is 3.49. The van der Waals surface area contributed by atoms with Crippen LogP contribution in [0.5, 0.6) is 5.75 Å². The van der Waals surface area contributed by atoms with E-state index >= 15 is 0 Å². The molecule has 14 nitrogen and oxygen atoms in total. The number of nitrogens with two attached hydrogens (primary N) is 2. The monoisotopic (exact) mass is 593 g/mol. The number of aromatic amines is 1. The van der Waals surface area contributed by atoms with Crippen molar-refractivity contribution in [3.63, 3.8) is 0 Å². The minimum atomic E-state index is -1.36. The lowest BCUT2D eigenvalue weighted by Crippen LogP contribution is -2.58. The summed E-state index contributed by atoms with van der Waals surface area (Å²) in [7, 11) is 0. The summed E-state index contributed by atoms with van der Waals surface area (Å²) in [4.78, 5) is 69.7. The number of amides is 4. The van der Waals surface area contributed by atoms with E-state index in [9.17, 15) is 34.2 Å². The van der Waals surface area contributed by atoms with E-state index in [2.05, 4.69) is 25.9 Å². The van der Waals surface area contributed by atoms with Crippen molar-refractivity contribution in [2.24, 2.45) is 11.5 Å². The van der Waals surface area contributed by atoms with Crippen molar-refractivity contribution < 1.29 is 34.2 Å². The molecule has 0 radical (unpaired) electrons. The van der Waals surface area contributed by atoms with Gasteiger partial charge in [-0.2, -0.15) is 0 Å². The number of hydrogen-bond donors (Lipinski definition) is 8. The number of phenolic OH excluding ortho intramolecular Hbond substituents is 1. The Balaban J connectivity index is 1.76. The van der Waals surface area contributed by atoms with Gasteiger partial charge in [-0.3, -0.25) is 19.2 Å². The second kappa shape index (κ2) is 15.7. The number of H-pyrrole nitrogens is 1. The third-order valence-electron chi connectivity index (χ3n) is 6.55. The first-order chi connectivity index (χ1) is 20.5. The number of imidazole rings is 1. The third kappa shape index (κ3) is 10.6. The Hall–Kier alpha value is -5.24. The molecule has 3 rings (SSSR count). The third-order valence-corrected chi connectivity index (χ3v) is 6.55. The molecule has 0 aliphatic rings. The highest BCUT2D eigenvalue weighted by atomic mass is 16.4. The molecule has 0 spiro atoms. The number of aromatic hydroxyl groups is 1. The SMILES string of the molecule is NC(=O)CC[C@H](NC(=O)[C@H](Cc1ccccc1)NC(=O)[C@@H](N)Cc1ccc(O)cc1)C(=O)N[C@@H](Cc1cnc[nH]1)C(=O)O. The van der Waals surface area contributed by atoms with Crippen LogP contribution in [0.25, 0.3) is 0 Å². The minimum Gasteiger partial charge on any atom is -0.508 e. The molecule has 0 saturated heterocycles. The van der Waals surface area contributed by atoms with Gasteiger partial charge in [-0.1, -0.05) is 42.5 Å². The predicted molar refractivity (Wildman–Crippen MR) is 154 cm³/mol. The van der Waals surface area contributed by atoms with Crippen LogP contribution in [-0.2, 0) is 43.2 Å². The molecular weight excluding hydrogens is 558 g/mol. The van der Waals surface area contributed by atoms with Gasteiger partial charge in [0, 0.05) is 31.2 Å². The van der Waals surface area contributed by atoms with E-state index in [4.69, 9.17) is 11.5 Å². The summed E-state index contributed by atoms with van der Waals surface area (Å²) in [5, 5.41) is 26.7. The second-order valence-corrected chi connectivity index (χ2v) is 9.97. The number of carboxylic acid groups (broad SMARTS) is 1. The van der Waals surface area contributed by atoms with Crippen molar-refractivity contribution in [2.45, 2.75) is 56.3 Å². The number of primary amides is 1. The van der Waals surface area contributed by atoms with Crippen LogP contribution in [0.4, 0.5) is 0 Å². The van der Waals surface area contributed by atoms with E-state index in [0.29, 0.717) is 16.8 Å². The zero-order chi connectivity index (χ0) is 31.4. The Bertz CT molecular complexity index is 1380. The van der Waals surface area contributed by atoms with Crippen LogP contribution in [0, 0.1) is 0 Å². The fourth-order valence-electron chi connectivity index (χ4n) is 4.23. The van der Waals surface area contributed by atoms with Gasteiger partial charge in [-0.05, 0) is 36.1 Å². The fourth-order valence-corrected chi connectivity index (χ4v) is 4.23. The summed E-state index contributed by atoms with van der Waals surface area (Å²) in [6.45, 7) is 0. The van der Waals surface area contributed by atoms with E-state index in [-0.39, 0.29) is 37.9 Å². The normalized spacial score (nSPS) is 13.6. The molecule has 4 amide bonds. The van der Waals surface area contributed by atoms with E-state index in [1.165, 1.54) is 24.7 Å². The first-order valence-electron chi connectivity index (χ1n) is 13.5. The van der Waals surface area contributed by atoms with Gasteiger partial charge in [0.2, 0.25) is 23.6 Å². The maximum absolute atomic E-state index is 13.5. The lowest BCUT2D eigenvalue weighted by atomic mass is 10.0. The number of carbonyl (C=O) groups is 5. The number of carbonyl (C=O) groups excluding carboxylic acids is 4. The molecule has 10 N–H and O–H groups in total. The number of aliphatic carboxylic acids is 1. The number of rotatable bonds is 16. The van der Waals surface area contributed by atoms with Crippen LogP contribution in [0.15, 0.2) is 67.1 Å². The molecule has 0 bridgehead atoms. The number of carboxylic acids is 1. The predicted octanol–water partition coefficient (Wildman–Crippen LogP) is -0.725. The Morgan fingerprint density at radius 2 is 1.40 bits per heavy atom. The largest absolute Gasteiger partial charge is 0.508 e. The molecule has 43 heavy (non-hydrogen) atoms. The van der Waals surface area contributed by atoms with Crippen LogP contribution < -0.4 is 27.4 Å². The number of nitrogens with zero attached hydrogens (tertiary/aromatic N) is 1. The van der Waals surface area contributed by atoms with Gasteiger partial charge in [0.15, 0.2) is 0 Å². The van der Waals surface area contributed by atoms with Gasteiger partial charge in [0.25, 0.3) is 0 Å². The Kier molecular flexibility index (Phi) is 11.8. The minimum absolute atomic E-state index is 0.0477. The summed E-state index contributed by atoms with van der Waals surface area (Å²) >= 11 is 0. The lowest BCUT2D eigenvalue weighted by Gasteiger charge is -2.25. The molecule has 0 unspecified atom stereocenters. The van der Waals surface area contributed by atoms with Crippen LogP contribution in [0.3, 0.4) is 0 Å². The molecular formula is C29H35N7O7. The highest BCUT2D eigenvalue weighted by Crippen LogP contribution is 2.12. The first-order valence-corrected chi connectivity index (χ1v) is 13.5. The Labute approximate surface area is 247 Å². The van der Waals surface area contributed by atoms with Gasteiger partial charge < -0.3 is 42.6 Å². The molecule has 0 saturated carbocycles. The average molecular weight is 594 g/mol. The number of nitrogens with one attached hydrogen (secondary N) is 4. The van der Waals surface area contributed by atoms with Crippen LogP contribution in [0.2, 0.25) is 0 Å². The molecule has 0 aliphatic carbocycles. The number of hydrogen-bond acceptors (Lipinski definition) is 8. The molecule has 2 aromatic carbocycles. The summed E-state index contributed by atoms with van der Waals surface area (Å²) < 4.78 is 0. The van der Waals surface area contributed by atoms with Crippen molar-refractivity contribution in [1.29, 1.82) is 0 Å². The van der Waals surface area contributed by atoms with Crippen molar-refractivity contribution in [2.75, 3.05) is 0 Å². The quantitative estimate of drug-likeness (QED) is 0.104. The molecule has 1 aromatic heterocycles.